The molecule has 24 heavy (non-hydrogen) atoms. The first kappa shape index (κ1) is 16.7. The van der Waals surface area contributed by atoms with Crippen LogP contribution in [-0.2, 0) is 16.1 Å². The standard InChI is InChI=1S/C19H25N3O2/c1-15-6-5-12-21(13-11-15)19(24)17-9-10-18(23)22(20-17)14-16-7-3-2-4-8-16/h2-4,7-8,15H,5-6,9-14H2,1H3. The maximum atomic E-state index is 12.8. The van der Waals surface area contributed by atoms with Crippen LogP contribution in [0, 0.1) is 5.92 Å². The predicted molar refractivity (Wildman–Crippen MR) is 93.3 cm³/mol. The number of hydrazone groups is 1. The largest absolute Gasteiger partial charge is 0.338 e. The van der Waals surface area contributed by atoms with Crippen molar-refractivity contribution in [1.82, 2.24) is 9.91 Å². The lowest BCUT2D eigenvalue weighted by molar-refractivity contribution is -0.132. The zero-order valence-electron chi connectivity index (χ0n) is 14.3. The molecule has 1 atom stereocenters. The molecular formula is C19H25N3O2. The Morgan fingerprint density at radius 2 is 1.96 bits per heavy atom. The minimum atomic E-state index is -0.0140. The Balaban J connectivity index is 1.71. The van der Waals surface area contributed by atoms with E-state index in [0.717, 1.165) is 31.5 Å². The molecule has 0 saturated carbocycles. The van der Waals surface area contributed by atoms with Crippen LogP contribution >= 0.6 is 0 Å². The lowest BCUT2D eigenvalue weighted by Gasteiger charge is -2.26. The zero-order valence-corrected chi connectivity index (χ0v) is 14.3. The number of nitrogens with zero attached hydrogens (tertiary/aromatic N) is 3. The molecule has 2 amide bonds. The van der Waals surface area contributed by atoms with Crippen LogP contribution in [0.2, 0.25) is 0 Å². The lowest BCUT2D eigenvalue weighted by Crippen LogP contribution is -2.41. The summed E-state index contributed by atoms with van der Waals surface area (Å²) in [6, 6.07) is 9.76. The van der Waals surface area contributed by atoms with Gasteiger partial charge >= 0.3 is 0 Å². The van der Waals surface area contributed by atoms with E-state index < -0.39 is 0 Å². The number of carbonyl (C=O) groups is 2. The van der Waals surface area contributed by atoms with E-state index in [1.807, 2.05) is 35.2 Å². The summed E-state index contributed by atoms with van der Waals surface area (Å²) in [5.41, 5.74) is 1.55. The summed E-state index contributed by atoms with van der Waals surface area (Å²) in [7, 11) is 0. The van der Waals surface area contributed by atoms with E-state index in [1.54, 1.807) is 0 Å². The minimum Gasteiger partial charge on any atom is -0.338 e. The highest BCUT2D eigenvalue weighted by Gasteiger charge is 2.28. The van der Waals surface area contributed by atoms with Crippen LogP contribution in [0.5, 0.6) is 0 Å². The van der Waals surface area contributed by atoms with Gasteiger partial charge in [-0.2, -0.15) is 5.10 Å². The summed E-state index contributed by atoms with van der Waals surface area (Å²) < 4.78 is 0. The molecule has 1 fully saturated rings. The molecule has 1 aromatic rings. The molecule has 2 aliphatic rings. The van der Waals surface area contributed by atoms with Crippen molar-refractivity contribution in [2.24, 2.45) is 11.0 Å². The van der Waals surface area contributed by atoms with Crippen molar-refractivity contribution in [2.75, 3.05) is 13.1 Å². The van der Waals surface area contributed by atoms with E-state index in [9.17, 15) is 9.59 Å². The summed E-state index contributed by atoms with van der Waals surface area (Å²) in [6.45, 7) is 4.26. The van der Waals surface area contributed by atoms with Gasteiger partial charge in [0.1, 0.15) is 5.71 Å². The maximum absolute atomic E-state index is 12.8. The smallest absolute Gasteiger partial charge is 0.270 e. The van der Waals surface area contributed by atoms with Gasteiger partial charge in [-0.25, -0.2) is 5.01 Å². The van der Waals surface area contributed by atoms with E-state index in [1.165, 1.54) is 11.4 Å². The first-order valence-electron chi connectivity index (χ1n) is 8.84. The molecule has 1 saturated heterocycles. The second kappa shape index (κ2) is 7.60. The predicted octanol–water partition coefficient (Wildman–Crippen LogP) is 2.81. The molecule has 5 nitrogen and oxygen atoms in total. The van der Waals surface area contributed by atoms with Crippen molar-refractivity contribution in [3.05, 3.63) is 35.9 Å². The molecular weight excluding hydrogens is 302 g/mol. The lowest BCUT2D eigenvalue weighted by atomic mass is 10.0. The third-order valence-corrected chi connectivity index (χ3v) is 4.83. The highest BCUT2D eigenvalue weighted by molar-refractivity contribution is 6.39. The Bertz CT molecular complexity index is 627. The Kier molecular flexibility index (Phi) is 5.28. The van der Waals surface area contributed by atoms with Gasteiger partial charge in [-0.1, -0.05) is 37.3 Å². The second-order valence-corrected chi connectivity index (χ2v) is 6.81. The van der Waals surface area contributed by atoms with Crippen molar-refractivity contribution >= 4 is 17.5 Å². The molecule has 3 rings (SSSR count). The molecule has 0 bridgehead atoms. The van der Waals surface area contributed by atoms with E-state index in [0.29, 0.717) is 31.0 Å². The van der Waals surface area contributed by atoms with Crippen molar-refractivity contribution in [2.45, 2.75) is 45.6 Å². The normalized spacial score (nSPS) is 22.1. The highest BCUT2D eigenvalue weighted by atomic mass is 16.2. The monoisotopic (exact) mass is 327 g/mol. The summed E-state index contributed by atoms with van der Waals surface area (Å²) in [5.74, 6) is 0.668. The van der Waals surface area contributed by atoms with Crippen LogP contribution in [0.15, 0.2) is 35.4 Å². The number of rotatable bonds is 3. The number of hydrogen-bond acceptors (Lipinski definition) is 3. The third kappa shape index (κ3) is 4.02. The van der Waals surface area contributed by atoms with Crippen molar-refractivity contribution < 1.29 is 9.59 Å². The van der Waals surface area contributed by atoms with Crippen LogP contribution in [0.25, 0.3) is 0 Å². The number of likely N-dealkylation sites (tertiary alicyclic amines) is 1. The minimum absolute atomic E-state index is 0.00895. The molecule has 128 valence electrons. The number of benzene rings is 1. The molecule has 5 heteroatoms. The Morgan fingerprint density at radius 3 is 2.75 bits per heavy atom. The summed E-state index contributed by atoms with van der Waals surface area (Å²) in [5, 5.41) is 5.84. The Hall–Kier alpha value is -2.17. The van der Waals surface area contributed by atoms with Crippen LogP contribution in [0.4, 0.5) is 0 Å². The van der Waals surface area contributed by atoms with Crippen LogP contribution in [0.1, 0.15) is 44.6 Å². The van der Waals surface area contributed by atoms with Crippen molar-refractivity contribution in [1.29, 1.82) is 0 Å². The summed E-state index contributed by atoms with van der Waals surface area (Å²) in [4.78, 5) is 26.8. The van der Waals surface area contributed by atoms with E-state index in [2.05, 4.69) is 12.0 Å². The van der Waals surface area contributed by atoms with Gasteiger partial charge in [-0.15, -0.1) is 0 Å². The first-order valence-corrected chi connectivity index (χ1v) is 8.84. The third-order valence-electron chi connectivity index (χ3n) is 4.83. The second-order valence-electron chi connectivity index (χ2n) is 6.81. The quantitative estimate of drug-likeness (QED) is 0.857. The van der Waals surface area contributed by atoms with E-state index in [4.69, 9.17) is 0 Å². The molecule has 2 aliphatic heterocycles. The first-order chi connectivity index (χ1) is 11.6. The van der Waals surface area contributed by atoms with E-state index >= 15 is 0 Å². The average molecular weight is 327 g/mol. The van der Waals surface area contributed by atoms with Gasteiger partial charge in [-0.3, -0.25) is 9.59 Å². The van der Waals surface area contributed by atoms with Crippen LogP contribution in [0.3, 0.4) is 0 Å². The molecule has 1 aromatic carbocycles. The highest BCUT2D eigenvalue weighted by Crippen LogP contribution is 2.19. The fourth-order valence-electron chi connectivity index (χ4n) is 3.28. The van der Waals surface area contributed by atoms with Crippen LogP contribution < -0.4 is 0 Å². The zero-order chi connectivity index (χ0) is 16.9. The SMILES string of the molecule is CC1CCCN(C(=O)C2=NN(Cc3ccccc3)C(=O)CC2)CC1. The molecule has 0 N–H and O–H groups in total. The van der Waals surface area contributed by atoms with Gasteiger partial charge in [0.05, 0.1) is 6.54 Å². The molecule has 0 aromatic heterocycles. The molecule has 1 unspecified atom stereocenters. The average Bonchev–Trinajstić information content (AvgIpc) is 2.82. The van der Waals surface area contributed by atoms with Gasteiger partial charge in [0.2, 0.25) is 5.91 Å². The Morgan fingerprint density at radius 1 is 1.17 bits per heavy atom. The topological polar surface area (TPSA) is 53.0 Å². The van der Waals surface area contributed by atoms with Crippen molar-refractivity contribution in [3.63, 3.8) is 0 Å². The van der Waals surface area contributed by atoms with Crippen LogP contribution in [-0.4, -0.2) is 40.5 Å². The van der Waals surface area contributed by atoms with Gasteiger partial charge in [0.15, 0.2) is 0 Å². The van der Waals surface area contributed by atoms with Gasteiger partial charge < -0.3 is 4.90 Å². The maximum Gasteiger partial charge on any atom is 0.270 e. The Labute approximate surface area is 143 Å². The van der Waals surface area contributed by atoms with Crippen molar-refractivity contribution in [3.8, 4) is 0 Å². The summed E-state index contributed by atoms with van der Waals surface area (Å²) in [6.07, 6.45) is 4.09. The van der Waals surface area contributed by atoms with E-state index in [-0.39, 0.29) is 11.8 Å². The number of carbonyl (C=O) groups excluding carboxylic acids is 2. The number of hydrogen-bond donors (Lipinski definition) is 0. The fourth-order valence-corrected chi connectivity index (χ4v) is 3.28. The molecule has 0 aliphatic carbocycles. The van der Waals surface area contributed by atoms with Gasteiger partial charge in [0.25, 0.3) is 5.91 Å². The van der Waals surface area contributed by atoms with Gasteiger partial charge in [-0.05, 0) is 30.7 Å². The molecule has 0 spiro atoms. The van der Waals surface area contributed by atoms with Gasteiger partial charge in [0, 0.05) is 25.9 Å². The fraction of sp³-hybridized carbons (Fsp3) is 0.526. The number of amides is 2. The summed E-state index contributed by atoms with van der Waals surface area (Å²) >= 11 is 0. The molecule has 2 heterocycles. The molecule has 0 radical (unpaired) electrons.